The zero-order valence-electron chi connectivity index (χ0n) is 17.6. The average Bonchev–Trinajstić information content (AvgIpc) is 3.18. The van der Waals surface area contributed by atoms with Crippen molar-refractivity contribution < 1.29 is 14.4 Å². The second-order valence-corrected chi connectivity index (χ2v) is 8.06. The van der Waals surface area contributed by atoms with Gasteiger partial charge in [0.2, 0.25) is 0 Å². The predicted molar refractivity (Wildman–Crippen MR) is 119 cm³/mol. The number of aromatic nitrogens is 2. The minimum atomic E-state index is 0.730. The van der Waals surface area contributed by atoms with Crippen molar-refractivity contribution in [2.75, 3.05) is 27.3 Å². The number of benzene rings is 2. The van der Waals surface area contributed by atoms with Crippen molar-refractivity contribution in [1.29, 1.82) is 0 Å². The molecule has 0 saturated carbocycles. The second-order valence-electron chi connectivity index (χ2n) is 8.06. The summed E-state index contributed by atoms with van der Waals surface area (Å²) in [5.74, 6) is 1.46. The Bertz CT molecular complexity index is 1190. The Morgan fingerprint density at radius 1 is 0.933 bits per heavy atom. The van der Waals surface area contributed by atoms with Crippen LogP contribution in [0.4, 0.5) is 0 Å². The Morgan fingerprint density at radius 2 is 1.73 bits per heavy atom. The molecule has 0 radical (unpaired) electrons. The highest BCUT2D eigenvalue weighted by molar-refractivity contribution is 5.95. The summed E-state index contributed by atoms with van der Waals surface area (Å²) in [6.45, 7) is 3.43. The molecular formula is C25H28N3O2+. The number of quaternary nitrogens is 1. The van der Waals surface area contributed by atoms with E-state index < -0.39 is 0 Å². The maximum atomic E-state index is 5.57. The van der Waals surface area contributed by atoms with Gasteiger partial charge < -0.3 is 14.4 Å². The van der Waals surface area contributed by atoms with Crippen molar-refractivity contribution in [2.45, 2.75) is 25.8 Å². The van der Waals surface area contributed by atoms with Gasteiger partial charge in [0, 0.05) is 17.1 Å². The summed E-state index contributed by atoms with van der Waals surface area (Å²) in [6.07, 6.45) is 6.14. The number of hydrogen-bond donors (Lipinski definition) is 1. The quantitative estimate of drug-likeness (QED) is 0.553. The number of likely N-dealkylation sites (tertiary alicyclic amines) is 1. The van der Waals surface area contributed by atoms with Crippen LogP contribution in [0.1, 0.15) is 25.0 Å². The van der Waals surface area contributed by atoms with Gasteiger partial charge in [-0.15, -0.1) is 0 Å². The molecule has 30 heavy (non-hydrogen) atoms. The molecule has 5 rings (SSSR count). The third-order valence-electron chi connectivity index (χ3n) is 6.25. The molecule has 1 saturated heterocycles. The van der Waals surface area contributed by atoms with Gasteiger partial charge in [0.1, 0.15) is 17.9 Å². The number of nitrogens with zero attached hydrogens (tertiary/aromatic N) is 2. The number of pyridine rings is 1. The molecule has 4 aromatic rings. The fourth-order valence-corrected chi connectivity index (χ4v) is 4.67. The lowest BCUT2D eigenvalue weighted by Gasteiger charge is -2.23. The van der Waals surface area contributed by atoms with Crippen molar-refractivity contribution >= 4 is 16.4 Å². The number of rotatable bonds is 5. The van der Waals surface area contributed by atoms with Crippen LogP contribution in [-0.2, 0) is 6.54 Å². The van der Waals surface area contributed by atoms with Crippen molar-refractivity contribution in [1.82, 2.24) is 9.38 Å². The molecule has 3 heterocycles. The molecular weight excluding hydrogens is 374 g/mol. The number of imidazole rings is 1. The topological polar surface area (TPSA) is 40.2 Å². The SMILES string of the molecule is COc1ccc(-c2nc3c4ccccc4ccn3c2C[NH+]2CCCCC2)cc1OC. The normalized spacial score (nSPS) is 15.0. The monoisotopic (exact) mass is 402 g/mol. The van der Waals surface area contributed by atoms with Gasteiger partial charge in [0.05, 0.1) is 33.0 Å². The summed E-state index contributed by atoms with van der Waals surface area (Å²) in [5, 5.41) is 2.40. The van der Waals surface area contributed by atoms with Gasteiger partial charge in [-0.1, -0.05) is 24.3 Å². The van der Waals surface area contributed by atoms with E-state index >= 15 is 0 Å². The van der Waals surface area contributed by atoms with Gasteiger partial charge >= 0.3 is 0 Å². The number of methoxy groups -OCH3 is 2. The Morgan fingerprint density at radius 3 is 2.53 bits per heavy atom. The van der Waals surface area contributed by atoms with E-state index in [2.05, 4.69) is 47.0 Å². The minimum Gasteiger partial charge on any atom is -0.493 e. The van der Waals surface area contributed by atoms with Crippen molar-refractivity contribution in [3.63, 3.8) is 0 Å². The first-order valence-electron chi connectivity index (χ1n) is 10.7. The van der Waals surface area contributed by atoms with Crippen molar-refractivity contribution in [3.8, 4) is 22.8 Å². The lowest BCUT2D eigenvalue weighted by atomic mass is 10.1. The van der Waals surface area contributed by atoms with E-state index in [1.807, 2.05) is 12.1 Å². The van der Waals surface area contributed by atoms with Gasteiger partial charge in [0.15, 0.2) is 11.5 Å². The molecule has 2 aromatic carbocycles. The summed E-state index contributed by atoms with van der Waals surface area (Å²) in [4.78, 5) is 6.80. The average molecular weight is 403 g/mol. The number of nitrogens with one attached hydrogen (secondary N) is 1. The molecule has 1 N–H and O–H groups in total. The van der Waals surface area contributed by atoms with E-state index in [4.69, 9.17) is 14.5 Å². The molecule has 0 spiro atoms. The standard InChI is InChI=1S/C25H27N3O2/c1-29-22-11-10-19(16-23(22)30-2)24-21(17-27-13-6-3-7-14-27)28-15-12-18-8-4-5-9-20(18)25(28)26-24/h4-5,8-12,15-16H,3,6-7,13-14,17H2,1-2H3/p+1. The number of ether oxygens (including phenoxy) is 2. The van der Waals surface area contributed by atoms with E-state index in [0.717, 1.165) is 34.9 Å². The number of fused-ring (bicyclic) bond motifs is 3. The van der Waals surface area contributed by atoms with E-state index in [-0.39, 0.29) is 0 Å². The Kier molecular flexibility index (Phi) is 5.05. The van der Waals surface area contributed by atoms with Crippen LogP contribution in [0.5, 0.6) is 11.5 Å². The van der Waals surface area contributed by atoms with Gasteiger partial charge in [-0.25, -0.2) is 4.98 Å². The number of hydrogen-bond acceptors (Lipinski definition) is 3. The molecule has 154 valence electrons. The fraction of sp³-hybridized carbons (Fsp3) is 0.320. The maximum Gasteiger partial charge on any atom is 0.161 e. The van der Waals surface area contributed by atoms with Crippen molar-refractivity contribution in [2.24, 2.45) is 0 Å². The first kappa shape index (κ1) is 18.9. The molecule has 0 bridgehead atoms. The summed E-state index contributed by atoms with van der Waals surface area (Å²) >= 11 is 0. The molecule has 0 unspecified atom stereocenters. The Hall–Kier alpha value is -3.05. The molecule has 0 amide bonds. The summed E-state index contributed by atoms with van der Waals surface area (Å²) in [7, 11) is 3.34. The third kappa shape index (κ3) is 3.29. The second kappa shape index (κ2) is 8.00. The van der Waals surface area contributed by atoms with Crippen LogP contribution in [0.15, 0.2) is 54.7 Å². The third-order valence-corrected chi connectivity index (χ3v) is 6.25. The van der Waals surface area contributed by atoms with E-state index in [1.165, 1.54) is 48.8 Å². The largest absolute Gasteiger partial charge is 0.493 e. The van der Waals surface area contributed by atoms with Crippen LogP contribution in [0, 0.1) is 0 Å². The van der Waals surface area contributed by atoms with E-state index in [9.17, 15) is 0 Å². The van der Waals surface area contributed by atoms with Crippen LogP contribution in [0.3, 0.4) is 0 Å². The van der Waals surface area contributed by atoms with Gasteiger partial charge in [-0.2, -0.15) is 0 Å². The zero-order valence-corrected chi connectivity index (χ0v) is 17.6. The van der Waals surface area contributed by atoms with Gasteiger partial charge in [-0.3, -0.25) is 4.40 Å². The summed E-state index contributed by atoms with van der Waals surface area (Å²) < 4.78 is 13.3. The molecule has 2 aromatic heterocycles. The molecule has 1 fully saturated rings. The first-order chi connectivity index (χ1) is 14.8. The molecule has 0 aliphatic carbocycles. The highest BCUT2D eigenvalue weighted by Gasteiger charge is 2.22. The van der Waals surface area contributed by atoms with Gasteiger partial charge in [0.25, 0.3) is 0 Å². The Balaban J connectivity index is 1.71. The molecule has 0 atom stereocenters. The van der Waals surface area contributed by atoms with E-state index in [1.54, 1.807) is 19.1 Å². The first-order valence-corrected chi connectivity index (χ1v) is 10.7. The molecule has 1 aliphatic heterocycles. The summed E-state index contributed by atoms with van der Waals surface area (Å²) in [5.41, 5.74) is 4.38. The number of piperidine rings is 1. The lowest BCUT2D eigenvalue weighted by Crippen LogP contribution is -3.11. The van der Waals surface area contributed by atoms with Crippen LogP contribution in [0.25, 0.3) is 27.7 Å². The fourth-order valence-electron chi connectivity index (χ4n) is 4.67. The van der Waals surface area contributed by atoms with Crippen LogP contribution in [-0.4, -0.2) is 36.7 Å². The lowest BCUT2D eigenvalue weighted by molar-refractivity contribution is -0.918. The summed E-state index contributed by atoms with van der Waals surface area (Å²) in [6, 6.07) is 16.8. The predicted octanol–water partition coefficient (Wildman–Crippen LogP) is 3.74. The van der Waals surface area contributed by atoms with Crippen LogP contribution in [0.2, 0.25) is 0 Å². The smallest absolute Gasteiger partial charge is 0.161 e. The van der Waals surface area contributed by atoms with Crippen molar-refractivity contribution in [3.05, 3.63) is 60.4 Å². The molecule has 1 aliphatic rings. The molecule has 5 nitrogen and oxygen atoms in total. The zero-order chi connectivity index (χ0) is 20.5. The minimum absolute atomic E-state index is 0.730. The maximum absolute atomic E-state index is 5.57. The van der Waals surface area contributed by atoms with Crippen LogP contribution < -0.4 is 14.4 Å². The highest BCUT2D eigenvalue weighted by atomic mass is 16.5. The van der Waals surface area contributed by atoms with Gasteiger partial charge in [-0.05, 0) is 48.9 Å². The molecule has 5 heteroatoms. The van der Waals surface area contributed by atoms with E-state index in [0.29, 0.717) is 0 Å². The van der Waals surface area contributed by atoms with Crippen LogP contribution >= 0.6 is 0 Å². The highest BCUT2D eigenvalue weighted by Crippen LogP contribution is 2.34. The Labute approximate surface area is 176 Å².